The summed E-state index contributed by atoms with van der Waals surface area (Å²) < 4.78 is 134. The summed E-state index contributed by atoms with van der Waals surface area (Å²) in [5, 5.41) is 0. The molecule has 0 aromatic rings. The van der Waals surface area contributed by atoms with Crippen molar-refractivity contribution in [3.63, 3.8) is 0 Å². The molecule has 6 rings (SSSR count). The summed E-state index contributed by atoms with van der Waals surface area (Å²) in [6.45, 7) is 59.4. The largest absolute Gasteiger partial charge is 0.410 e. The Morgan fingerprint density at radius 2 is 0.655 bits per heavy atom. The number of nitrogens with zero attached hydrogens (tertiary/aromatic N) is 1. The van der Waals surface area contributed by atoms with Crippen LogP contribution in [-0.2, 0) is 375 Å². The second-order valence-corrected chi connectivity index (χ2v) is 42.8. The van der Waals surface area contributed by atoms with E-state index in [0.29, 0.717) is 59.0 Å². The first-order chi connectivity index (χ1) is 45.9. The van der Waals surface area contributed by atoms with Crippen molar-refractivity contribution in [2.45, 2.75) is 221 Å². The molecule has 0 aromatic heterocycles. The molecule has 9 unspecified atom stereocenters. The van der Waals surface area contributed by atoms with Crippen molar-refractivity contribution in [3.05, 3.63) is 81.1 Å². The third-order valence-corrected chi connectivity index (χ3v) is 32.2. The van der Waals surface area contributed by atoms with Crippen LogP contribution in [0.2, 0.25) is 0 Å². The zero-order valence-corrected chi connectivity index (χ0v) is 104. The molecular formula is C61H121B6ClF7N3Ni4O10P5S10Y6-9. The topological polar surface area (TPSA) is 156 Å². The molecule has 113 heavy (non-hydrogen) atoms. The van der Waals surface area contributed by atoms with Gasteiger partial charge in [0.1, 0.15) is 104 Å². The number of alkyl halides is 6. The Hall–Kier alpha value is 12.2. The van der Waals surface area contributed by atoms with Gasteiger partial charge in [0.15, 0.2) is 0 Å². The molecular weight excluding hydrogens is 2410 g/mol. The number of hydrogen-bond donors (Lipinski definition) is 3. The van der Waals surface area contributed by atoms with E-state index in [4.69, 9.17) is 106 Å². The van der Waals surface area contributed by atoms with Gasteiger partial charge in [0.25, 0.3) is 0 Å². The van der Waals surface area contributed by atoms with Crippen LogP contribution in [-0.4, -0.2) is 248 Å². The monoisotopic (exact) mass is 2530 g/mol. The fourth-order valence-corrected chi connectivity index (χ4v) is 23.9. The first kappa shape index (κ1) is 175. The maximum absolute atomic E-state index is 13.4. The molecule has 0 saturated carbocycles. The number of rotatable bonds is 15. The molecule has 6 fully saturated rings. The number of halogens is 8. The number of thiol groups is 1. The minimum absolute atomic E-state index is 0. The number of quaternary nitrogens is 1. The predicted molar refractivity (Wildman–Crippen MR) is 473 cm³/mol. The van der Waals surface area contributed by atoms with Crippen molar-refractivity contribution in [1.82, 2.24) is 0 Å². The van der Waals surface area contributed by atoms with Crippen LogP contribution < -0.4 is 0 Å². The molecule has 0 spiro atoms. The number of ether oxygens (including phenoxy) is 6. The van der Waals surface area contributed by atoms with E-state index < -0.39 is 119 Å². The van der Waals surface area contributed by atoms with Gasteiger partial charge in [-0.1, -0.05) is 111 Å². The summed E-state index contributed by atoms with van der Waals surface area (Å²) in [4.78, 5) is 15.0. The van der Waals surface area contributed by atoms with Crippen molar-refractivity contribution >= 4 is 199 Å². The van der Waals surface area contributed by atoms with Crippen molar-refractivity contribution < 1.29 is 335 Å². The summed E-state index contributed by atoms with van der Waals surface area (Å²) in [5.41, 5.74) is 4.75. The van der Waals surface area contributed by atoms with Gasteiger partial charge in [-0.05, 0) is 137 Å². The maximum Gasteiger partial charge on any atom is 0.144 e. The number of hydrogen-bond acceptors (Lipinski definition) is 16. The Morgan fingerprint density at radius 3 is 0.788 bits per heavy atom. The van der Waals surface area contributed by atoms with Gasteiger partial charge in [-0.3, -0.25) is 0 Å². The van der Waals surface area contributed by atoms with Crippen LogP contribution in [0.3, 0.4) is 0 Å². The number of nitroso groups, excluding NO2 is 2. The van der Waals surface area contributed by atoms with Crippen molar-refractivity contribution in [2.24, 2.45) is 23.7 Å². The zero-order chi connectivity index (χ0) is 79.3. The Kier molecular flexibility index (Phi) is 150. The van der Waals surface area contributed by atoms with E-state index in [9.17, 15) is 30.8 Å². The predicted octanol–water partition coefficient (Wildman–Crippen LogP) is 15.8. The molecule has 0 aliphatic carbocycles. The standard InChI is InChI=1S/C9H16BFOPS.2C8H14BFO2P.2C8H13BFO.C7H11BFOS.C6H15FN.C2H7P.CH4ClP.4CH3.2HNO.4Ni.S8.6Y/c1-6-7(11)8(10)12-9(6,2)5-14-13(3)4;2*1-4-8(2)6(12-13-3)5(10)7(9)11-8;2*1-4-8(3)5(2)6(10)7(9)11-8;1-4-5(9)6(8)10-7(4,2)3-11;1-4-8(7,5-2)6-3;2*1-3-2;;;;;2*1-2;;;;;1-3-5-7-8-6-4-2;;;;;;/h6-8H,2,5H2,1,3-4H3;2*5-7,13H,2,4H2,1,3H3;2*5-7H,3-4H2,1-2H3;4-6,11H,2-3H2,1H3;4-6H2,1-3H3;3H,1-2H3;3H,1H3;4*1H3;2*1H;;;;;;;;;;;/q6*-1;+1;;;4*-1;;;;;;;;;;;;;/t6-,7?,8-,9-;2*5?,6-,7-,8-;2*5-,6?,7-,8-;4-,5?,6-,7-;;;;;;;;;;;;;;;;;;;;/m111111..................../s1. The second kappa shape index (κ2) is 97.3. The van der Waals surface area contributed by atoms with Crippen LogP contribution in [0.5, 0.6) is 0 Å². The Morgan fingerprint density at radius 1 is 0.460 bits per heavy atom. The summed E-state index contributed by atoms with van der Waals surface area (Å²) >= 11 is 20.1. The molecule has 13 nitrogen and oxygen atoms in total. The normalized spacial score (nSPS) is 32.9. The van der Waals surface area contributed by atoms with Crippen molar-refractivity contribution in [2.75, 3.05) is 77.8 Å². The van der Waals surface area contributed by atoms with E-state index in [0.717, 1.165) is 14.3 Å². The van der Waals surface area contributed by atoms with Crippen LogP contribution in [0.4, 0.5) is 30.8 Å². The quantitative estimate of drug-likeness (QED) is 0.0271. The smallest absolute Gasteiger partial charge is 0.144 e. The van der Waals surface area contributed by atoms with Gasteiger partial charge in [-0.15, -0.1) is 35.9 Å². The molecule has 0 aromatic carbocycles. The van der Waals surface area contributed by atoms with Gasteiger partial charge >= 0.3 is 0 Å². The van der Waals surface area contributed by atoms with E-state index in [-0.39, 0.29) is 345 Å². The summed E-state index contributed by atoms with van der Waals surface area (Å²) in [6, 6.07) is -5.03. The number of nitrogens with one attached hydrogen (secondary N) is 2. The van der Waals surface area contributed by atoms with Crippen molar-refractivity contribution in [1.29, 1.82) is 11.2 Å². The van der Waals surface area contributed by atoms with E-state index in [1.165, 1.54) is 17.8 Å². The molecule has 666 valence electrons. The summed E-state index contributed by atoms with van der Waals surface area (Å²) in [7, 11) is 43.6. The van der Waals surface area contributed by atoms with Gasteiger partial charge in [0, 0.05) is 392 Å². The summed E-state index contributed by atoms with van der Waals surface area (Å²) in [5.74, 6) is 0.198. The van der Waals surface area contributed by atoms with Crippen LogP contribution in [0, 0.1) is 116 Å². The molecule has 2 N–H and O–H groups in total. The SMILES string of the molecule is CC[N+](F)(CC)CC.CPC.CPCl.N=O.N=O.S=S=S=S=S=S=S=S.[B][C@@H]1O[C@]([CH2-])(CC)[C@H](C)C1F.[B][C@@H]1O[C@]([CH2-])(CC)[C@H](C)C1F.[B][C@@H]1O[C@]([CH2-])(CC)[C@H](OPC)C1F.[B][C@@H]1O[C@]([CH2-])(CC)[C@H](OPC)C1F.[B][C@@H]1O[C@]([CH2-])(CS)[C@H](C)C1F.[B][C@@H]1O[C@]([CH2-])(CSP(C)C)[C@H](C)C1F.[CH3-].[CH3-].[CH3-].[CH3-].[Ni].[Ni].[Ni].[Ni].[Y].[Y].[Y].[Y].[Y].[Y]. The molecule has 0 amide bonds. The molecule has 6 aliphatic rings. The molecule has 18 radical (unpaired) electrons. The Balaban J connectivity index is -0.0000000472. The van der Waals surface area contributed by atoms with Gasteiger partial charge in [-0.25, -0.2) is 26.3 Å². The van der Waals surface area contributed by atoms with Crippen LogP contribution in [0.15, 0.2) is 0 Å². The summed E-state index contributed by atoms with van der Waals surface area (Å²) in [6.07, 6.45) is -5.59. The Labute approximate surface area is 933 Å². The minimum atomic E-state index is -1.27. The Bertz CT molecular complexity index is 2290. The van der Waals surface area contributed by atoms with E-state index in [2.05, 4.69) is 114 Å². The fraction of sp³-hybridized carbons (Fsp3) is 0.836. The van der Waals surface area contributed by atoms with Gasteiger partial charge in [-0.2, -0.15) is 22.4 Å². The molecule has 0 bridgehead atoms. The zero-order valence-electron chi connectivity index (χ0n) is 69.3. The first-order valence-electron chi connectivity index (χ1n) is 31.1. The van der Waals surface area contributed by atoms with E-state index in [1.54, 1.807) is 67.7 Å². The third kappa shape index (κ3) is 66.4. The van der Waals surface area contributed by atoms with Gasteiger partial charge < -0.3 is 109 Å². The van der Waals surface area contributed by atoms with Gasteiger partial charge in [0.05, 0.1) is 12.2 Å². The van der Waals surface area contributed by atoms with Crippen molar-refractivity contribution in [3.8, 4) is 0 Å². The molecule has 6 saturated heterocycles. The third-order valence-electron chi connectivity index (χ3n) is 16.5. The van der Waals surface area contributed by atoms with E-state index >= 15 is 0 Å². The first-order valence-corrected chi connectivity index (χ1v) is 52.2. The average Bonchev–Trinajstić information content (AvgIpc) is 1.67. The molecule has 27 atom stereocenters. The van der Waals surface area contributed by atoms with E-state index in [1.807, 2.05) is 75.4 Å². The molecule has 52 heteroatoms. The molecule has 6 aliphatic heterocycles. The van der Waals surface area contributed by atoms with Gasteiger partial charge in [0.2, 0.25) is 0 Å². The van der Waals surface area contributed by atoms with Crippen LogP contribution in [0.25, 0.3) is 0 Å². The average molecular weight is 2530 g/mol. The minimum Gasteiger partial charge on any atom is -0.410 e. The maximum atomic E-state index is 13.4. The second-order valence-electron chi connectivity index (χ2n) is 22.9. The fourth-order valence-electron chi connectivity index (χ4n) is 9.08. The van der Waals surface area contributed by atoms with Crippen LogP contribution >= 0.6 is 76.5 Å². The van der Waals surface area contributed by atoms with Crippen LogP contribution in [0.1, 0.15) is 102 Å². The molecule has 6 heterocycles.